The molecule has 4 amide bonds. The van der Waals surface area contributed by atoms with Crippen molar-refractivity contribution < 1.29 is 28.7 Å². The van der Waals surface area contributed by atoms with Gasteiger partial charge >= 0.3 is 5.97 Å². The largest absolute Gasteiger partial charge is 0.456 e. The van der Waals surface area contributed by atoms with Gasteiger partial charge < -0.3 is 26.0 Å². The lowest BCUT2D eigenvalue weighted by Gasteiger charge is -2.27. The molecule has 1 fully saturated rings. The van der Waals surface area contributed by atoms with Crippen LogP contribution in [0.5, 0.6) is 0 Å². The molecule has 4 atom stereocenters. The zero-order valence-corrected chi connectivity index (χ0v) is 23.2. The first kappa shape index (κ1) is 31.6. The number of hydrogen-bond donors (Lipinski definition) is 6. The summed E-state index contributed by atoms with van der Waals surface area (Å²) in [4.78, 5) is 64.5. The minimum Gasteiger partial charge on any atom is -0.456 e. The summed E-state index contributed by atoms with van der Waals surface area (Å²) < 4.78 is 5.59. The van der Waals surface area contributed by atoms with E-state index in [4.69, 9.17) is 4.74 Å². The average molecular weight is 543 g/mol. The van der Waals surface area contributed by atoms with Crippen LogP contribution in [0.4, 0.5) is 0 Å². The number of ether oxygens (including phenoxy) is 1. The minimum atomic E-state index is -1.07. The molecule has 0 aromatic carbocycles. The Balaban J connectivity index is 3.43. The number of thiol groups is 2. The summed E-state index contributed by atoms with van der Waals surface area (Å²) in [6, 6.07) is -3.06. The zero-order chi connectivity index (χ0) is 27.4. The van der Waals surface area contributed by atoms with Gasteiger partial charge in [-0.15, -0.1) is 0 Å². The molecule has 1 aliphatic rings. The summed E-state index contributed by atoms with van der Waals surface area (Å²) in [6.45, 7) is 8.51. The molecule has 0 spiro atoms. The monoisotopic (exact) mass is 542 g/mol. The van der Waals surface area contributed by atoms with Gasteiger partial charge in [-0.25, -0.2) is 4.79 Å². The van der Waals surface area contributed by atoms with Crippen LogP contribution in [0.2, 0.25) is 0 Å². The van der Waals surface area contributed by atoms with Gasteiger partial charge in [-0.2, -0.15) is 25.3 Å². The zero-order valence-electron chi connectivity index (χ0n) is 21.4. The predicted molar refractivity (Wildman–Crippen MR) is 143 cm³/mol. The van der Waals surface area contributed by atoms with E-state index in [1.807, 2.05) is 0 Å². The van der Waals surface area contributed by atoms with Crippen molar-refractivity contribution in [3.63, 3.8) is 0 Å². The van der Waals surface area contributed by atoms with Gasteiger partial charge in [0.05, 0.1) is 6.42 Å². The highest BCUT2D eigenvalue weighted by Gasteiger charge is 2.33. The summed E-state index contributed by atoms with van der Waals surface area (Å²) in [5.74, 6) is -3.32. The standard InChI is InChI=1S/C24H38N4O6S2/c1-6-16-21(30)28-20(14(4)5)24(33)34-15(9-7-8-10-35)11-18(29)27-19(13(2)3)23(32)26-17(12-36)22(31)25-16/h6-7,9,13-15,17,19-20,35-36H,8,10-12H2,1-5H3,(H,25,31)(H,26,32)(H,27,29)(H,28,30)/b9-7+,16-6-. The van der Waals surface area contributed by atoms with E-state index in [1.54, 1.807) is 46.8 Å². The van der Waals surface area contributed by atoms with Crippen LogP contribution in [0, 0.1) is 11.8 Å². The van der Waals surface area contributed by atoms with E-state index in [0.29, 0.717) is 12.2 Å². The van der Waals surface area contributed by atoms with Crippen LogP contribution in [0.25, 0.3) is 0 Å². The second kappa shape index (κ2) is 15.6. The molecule has 0 aromatic heterocycles. The fourth-order valence-electron chi connectivity index (χ4n) is 3.30. The van der Waals surface area contributed by atoms with Crippen LogP contribution in [0.3, 0.4) is 0 Å². The van der Waals surface area contributed by atoms with Gasteiger partial charge in [0.2, 0.25) is 17.7 Å². The highest BCUT2D eigenvalue weighted by Crippen LogP contribution is 2.12. The highest BCUT2D eigenvalue weighted by molar-refractivity contribution is 7.80. The molecule has 4 N–H and O–H groups in total. The van der Waals surface area contributed by atoms with E-state index in [0.717, 1.165) is 0 Å². The lowest BCUT2D eigenvalue weighted by molar-refractivity contribution is -0.153. The van der Waals surface area contributed by atoms with Crippen LogP contribution >= 0.6 is 25.3 Å². The number of carbonyl (C=O) groups excluding carboxylic acids is 5. The Morgan fingerprint density at radius 2 is 1.58 bits per heavy atom. The molecule has 1 aliphatic heterocycles. The average Bonchev–Trinajstić information content (AvgIpc) is 2.81. The van der Waals surface area contributed by atoms with Crippen molar-refractivity contribution in [2.75, 3.05) is 11.5 Å². The van der Waals surface area contributed by atoms with Crippen LogP contribution in [-0.2, 0) is 28.7 Å². The molecule has 0 aliphatic carbocycles. The summed E-state index contributed by atoms with van der Waals surface area (Å²) in [5.41, 5.74) is -0.0921. The molecular formula is C24H38N4O6S2. The van der Waals surface area contributed by atoms with E-state index in [9.17, 15) is 24.0 Å². The number of allylic oxidation sites excluding steroid dienone is 2. The van der Waals surface area contributed by atoms with Gasteiger partial charge in [-0.05, 0) is 37.0 Å². The number of amides is 4. The molecule has 0 radical (unpaired) electrons. The van der Waals surface area contributed by atoms with Crippen LogP contribution in [0.15, 0.2) is 23.9 Å². The SMILES string of the molecule is C/C=C1\NC(=O)C(CS)NC(=O)C(C(C)C)NC(=O)CC(/C=C/CCS)OC(=O)C(C(C)C)NC1=O. The lowest BCUT2D eigenvalue weighted by Crippen LogP contribution is -2.57. The smallest absolute Gasteiger partial charge is 0.329 e. The molecule has 202 valence electrons. The van der Waals surface area contributed by atoms with Gasteiger partial charge in [-0.1, -0.05) is 39.8 Å². The third-order valence-electron chi connectivity index (χ3n) is 5.38. The number of rotatable bonds is 6. The maximum Gasteiger partial charge on any atom is 0.329 e. The van der Waals surface area contributed by atoms with Crippen molar-refractivity contribution in [1.82, 2.24) is 21.3 Å². The molecule has 1 heterocycles. The summed E-state index contributed by atoms with van der Waals surface area (Å²) in [7, 11) is 0. The summed E-state index contributed by atoms with van der Waals surface area (Å²) in [5, 5.41) is 10.3. The summed E-state index contributed by atoms with van der Waals surface area (Å²) >= 11 is 8.31. The second-order valence-corrected chi connectivity index (χ2v) is 9.85. The first-order chi connectivity index (χ1) is 16.9. The first-order valence-corrected chi connectivity index (χ1v) is 13.2. The van der Waals surface area contributed by atoms with Gasteiger partial charge in [0, 0.05) is 5.75 Å². The van der Waals surface area contributed by atoms with Gasteiger partial charge in [0.25, 0.3) is 5.91 Å². The van der Waals surface area contributed by atoms with Crippen molar-refractivity contribution in [1.29, 1.82) is 0 Å². The molecule has 1 rings (SSSR count). The van der Waals surface area contributed by atoms with Crippen LogP contribution in [-0.4, -0.2) is 65.3 Å². The maximum atomic E-state index is 13.0. The molecule has 1 saturated heterocycles. The van der Waals surface area contributed by atoms with Crippen LogP contribution < -0.4 is 21.3 Å². The van der Waals surface area contributed by atoms with Gasteiger partial charge in [-0.3, -0.25) is 19.2 Å². The molecule has 10 nitrogen and oxygen atoms in total. The number of cyclic esters (lactones) is 1. The quantitative estimate of drug-likeness (QED) is 0.127. The van der Waals surface area contributed by atoms with E-state index < -0.39 is 53.8 Å². The fraction of sp³-hybridized carbons (Fsp3) is 0.625. The Morgan fingerprint density at radius 1 is 0.944 bits per heavy atom. The fourth-order valence-corrected chi connectivity index (χ4v) is 3.70. The Hall–Kier alpha value is -2.47. The Kier molecular flexibility index (Phi) is 13.7. The Morgan fingerprint density at radius 3 is 2.11 bits per heavy atom. The molecule has 0 aromatic rings. The summed E-state index contributed by atoms with van der Waals surface area (Å²) in [6.07, 6.45) is 4.16. The number of nitrogens with one attached hydrogen (secondary N) is 4. The number of esters is 1. The third-order valence-corrected chi connectivity index (χ3v) is 6.00. The molecule has 0 bridgehead atoms. The van der Waals surface area contributed by atoms with E-state index in [-0.39, 0.29) is 29.7 Å². The first-order valence-electron chi connectivity index (χ1n) is 11.9. The van der Waals surface area contributed by atoms with Crippen molar-refractivity contribution >= 4 is 54.9 Å². The Labute approximate surface area is 223 Å². The molecule has 36 heavy (non-hydrogen) atoms. The second-order valence-electron chi connectivity index (χ2n) is 9.04. The van der Waals surface area contributed by atoms with E-state index in [2.05, 4.69) is 46.5 Å². The van der Waals surface area contributed by atoms with Crippen molar-refractivity contribution in [3.05, 3.63) is 23.9 Å². The third kappa shape index (κ3) is 9.88. The Bertz CT molecular complexity index is 875. The van der Waals surface area contributed by atoms with E-state index in [1.165, 1.54) is 6.08 Å². The molecule has 4 unspecified atom stereocenters. The predicted octanol–water partition coefficient (Wildman–Crippen LogP) is 0.894. The normalized spacial score (nSPS) is 26.6. The van der Waals surface area contributed by atoms with Gasteiger partial charge in [0.1, 0.15) is 29.9 Å². The van der Waals surface area contributed by atoms with E-state index >= 15 is 0 Å². The van der Waals surface area contributed by atoms with Crippen molar-refractivity contribution in [3.8, 4) is 0 Å². The minimum absolute atomic E-state index is 0.0477. The molecular weight excluding hydrogens is 504 g/mol. The molecule has 0 saturated carbocycles. The topological polar surface area (TPSA) is 143 Å². The number of carbonyl (C=O) groups is 5. The van der Waals surface area contributed by atoms with Crippen LogP contribution in [0.1, 0.15) is 47.5 Å². The van der Waals surface area contributed by atoms with Gasteiger partial charge in [0.15, 0.2) is 0 Å². The lowest BCUT2D eigenvalue weighted by atomic mass is 10.0. The van der Waals surface area contributed by atoms with Crippen molar-refractivity contribution in [2.24, 2.45) is 11.8 Å². The number of hydrogen-bond acceptors (Lipinski definition) is 8. The maximum absolute atomic E-state index is 13.0. The molecule has 12 heteroatoms. The highest BCUT2D eigenvalue weighted by atomic mass is 32.1. The van der Waals surface area contributed by atoms with Crippen molar-refractivity contribution in [2.45, 2.75) is 71.7 Å².